The van der Waals surface area contributed by atoms with Crippen LogP contribution >= 0.6 is 38.1 Å². The number of fused-ring (bicyclic) bond motifs is 4. The van der Waals surface area contributed by atoms with Crippen molar-refractivity contribution in [1.82, 2.24) is 34.8 Å². The standard InChI is InChI=1S/C31H38N8O11P2S2/c1-32-13-19-5-3-2-4-17(19)11-23(40)36-31-37-28-25(29(42)38-31)35-16-39(28)30-27-26(41)22(48-30)14-46-52(44,54)49-21-12-20(47-24-6-8-33-15-34-24)10-18(21)7-9-45-51(43,53)50-27/h2-6,8,15-16,18,20-22,26-27,30,32,41H,7,9-14H2,1H3,(H,43,53)(H,44,54)(H2,36,37,38,40,42)/t18-,20+,21-,22+,26+,27+,30+,51+,52+/m0/s1. The molecule has 3 fully saturated rings. The van der Waals surface area contributed by atoms with E-state index in [-0.39, 0.29) is 48.6 Å². The van der Waals surface area contributed by atoms with Gasteiger partial charge in [-0.15, -0.1) is 0 Å². The van der Waals surface area contributed by atoms with Gasteiger partial charge in [-0.25, -0.2) is 24.1 Å². The molecule has 1 aromatic carbocycles. The second-order valence-corrected chi connectivity index (χ2v) is 18.7. The molecule has 3 aromatic heterocycles. The molecular formula is C31H38N8O11P2S2. The molecule has 0 spiro atoms. The van der Waals surface area contributed by atoms with Crippen molar-refractivity contribution < 1.29 is 46.6 Å². The fraction of sp³-hybridized carbons (Fsp3) is 0.484. The smallest absolute Gasteiger partial charge is 0.386 e. The fourth-order valence-electron chi connectivity index (χ4n) is 6.77. The maximum atomic E-state index is 13.6. The molecule has 2 saturated heterocycles. The largest absolute Gasteiger partial charge is 0.474 e. The van der Waals surface area contributed by atoms with Crippen LogP contribution in [0.15, 0.2) is 54.0 Å². The molecule has 0 radical (unpaired) electrons. The number of thiol groups is 2. The quantitative estimate of drug-likeness (QED) is 0.110. The first kappa shape index (κ1) is 39.1. The Labute approximate surface area is 318 Å². The Morgan fingerprint density at radius 3 is 2.67 bits per heavy atom. The molecule has 4 N–H and O–H groups in total. The highest BCUT2D eigenvalue weighted by atomic mass is 32.7. The van der Waals surface area contributed by atoms with Gasteiger partial charge in [0, 0.05) is 25.2 Å². The van der Waals surface area contributed by atoms with E-state index in [1.165, 1.54) is 17.2 Å². The number of ether oxygens (including phenoxy) is 2. The van der Waals surface area contributed by atoms with Crippen LogP contribution in [0, 0.1) is 5.92 Å². The Balaban J connectivity index is 1.11. The lowest BCUT2D eigenvalue weighted by Gasteiger charge is -2.26. The molecule has 2 aliphatic heterocycles. The molecule has 1 amide bonds. The number of carbonyl (C=O) groups excluding carboxylic acids is 1. The maximum Gasteiger partial charge on any atom is 0.386 e. The molecule has 23 heteroatoms. The summed E-state index contributed by atoms with van der Waals surface area (Å²) in [5.74, 6) is -0.533. The van der Waals surface area contributed by atoms with E-state index in [9.17, 15) is 23.8 Å². The van der Waals surface area contributed by atoms with E-state index in [0.29, 0.717) is 25.3 Å². The molecule has 7 rings (SSSR count). The molecule has 1 saturated carbocycles. The van der Waals surface area contributed by atoms with Gasteiger partial charge in [0.25, 0.3) is 5.56 Å². The average Bonchev–Trinajstić information content (AvgIpc) is 3.79. The Morgan fingerprint density at radius 2 is 1.89 bits per heavy atom. The second kappa shape index (κ2) is 16.5. The van der Waals surface area contributed by atoms with Crippen molar-refractivity contribution in [3.63, 3.8) is 0 Å². The number of nitrogens with zero attached hydrogens (tertiary/aromatic N) is 5. The average molecular weight is 825 g/mol. The van der Waals surface area contributed by atoms with Crippen molar-refractivity contribution in [2.45, 2.75) is 69.0 Å². The number of imidazole rings is 1. The van der Waals surface area contributed by atoms with E-state index in [1.54, 1.807) is 19.3 Å². The third-order valence-electron chi connectivity index (χ3n) is 9.21. The van der Waals surface area contributed by atoms with Gasteiger partial charge in [-0.05, 0) is 36.9 Å². The summed E-state index contributed by atoms with van der Waals surface area (Å²) in [5.41, 5.74) is 0.858. The topological polar surface area (TPSA) is 240 Å². The summed E-state index contributed by atoms with van der Waals surface area (Å²) in [5, 5.41) is 17.1. The van der Waals surface area contributed by atoms with Gasteiger partial charge in [-0.2, -0.15) is 4.98 Å². The minimum atomic E-state index is -4.19. The van der Waals surface area contributed by atoms with Crippen LogP contribution < -0.4 is 20.9 Å². The Hall–Kier alpha value is -3.20. The number of hydrogen-bond donors (Lipinski definition) is 6. The second-order valence-electron chi connectivity index (χ2n) is 12.9. The third-order valence-corrected chi connectivity index (χ3v) is 12.5. The van der Waals surface area contributed by atoms with Crippen molar-refractivity contribution in [2.24, 2.45) is 5.92 Å². The minimum Gasteiger partial charge on any atom is -0.474 e. The van der Waals surface area contributed by atoms with Gasteiger partial charge in [0.05, 0.1) is 32.1 Å². The van der Waals surface area contributed by atoms with Crippen molar-refractivity contribution in [3.8, 4) is 5.88 Å². The number of aromatic amines is 1. The van der Waals surface area contributed by atoms with Crippen molar-refractivity contribution >= 4 is 61.1 Å². The molecule has 290 valence electrons. The summed E-state index contributed by atoms with van der Waals surface area (Å²) < 4.78 is 63.5. The molecule has 0 unspecified atom stereocenters. The van der Waals surface area contributed by atoms with Crippen molar-refractivity contribution in [3.05, 3.63) is 70.7 Å². The molecule has 2 bridgehead atoms. The number of carbonyl (C=O) groups is 1. The number of H-pyrrole nitrogens is 1. The monoisotopic (exact) mass is 824 g/mol. The zero-order chi connectivity index (χ0) is 38.0. The van der Waals surface area contributed by atoms with Gasteiger partial charge >= 0.3 is 13.6 Å². The van der Waals surface area contributed by atoms with Crippen LogP contribution in [0.5, 0.6) is 5.88 Å². The predicted molar refractivity (Wildman–Crippen MR) is 198 cm³/mol. The van der Waals surface area contributed by atoms with Crippen LogP contribution in [0.3, 0.4) is 0 Å². The zero-order valence-electron chi connectivity index (χ0n) is 28.7. The van der Waals surface area contributed by atoms with Gasteiger partial charge in [0.1, 0.15) is 30.7 Å². The molecule has 9 atom stereocenters. The summed E-state index contributed by atoms with van der Waals surface area (Å²) in [6.45, 7) is -8.30. The van der Waals surface area contributed by atoms with E-state index < -0.39 is 62.3 Å². The highest BCUT2D eigenvalue weighted by Gasteiger charge is 2.50. The molecule has 54 heavy (non-hydrogen) atoms. The van der Waals surface area contributed by atoms with Gasteiger partial charge < -0.3 is 24.4 Å². The number of hydrogen-bond acceptors (Lipinski definition) is 16. The third kappa shape index (κ3) is 9.08. The van der Waals surface area contributed by atoms with Gasteiger partial charge in [-0.1, -0.05) is 48.8 Å². The van der Waals surface area contributed by atoms with E-state index in [4.69, 9.17) is 27.6 Å². The summed E-state index contributed by atoms with van der Waals surface area (Å²) in [6, 6.07) is 9.04. The van der Waals surface area contributed by atoms with Crippen molar-refractivity contribution in [1.29, 1.82) is 0 Å². The zero-order valence-corrected chi connectivity index (χ0v) is 32.2. The number of aliphatic hydroxyl groups excluding tert-OH is 1. The summed E-state index contributed by atoms with van der Waals surface area (Å²) in [7, 11) is 1.80. The van der Waals surface area contributed by atoms with Crippen LogP contribution in [-0.4, -0.2) is 91.3 Å². The van der Waals surface area contributed by atoms with Gasteiger partial charge in [-0.3, -0.25) is 38.0 Å². The number of benzene rings is 1. The lowest BCUT2D eigenvalue weighted by Crippen LogP contribution is -2.35. The van der Waals surface area contributed by atoms with E-state index in [2.05, 4.69) is 60.1 Å². The maximum absolute atomic E-state index is 13.6. The normalized spacial score (nSPS) is 31.8. The van der Waals surface area contributed by atoms with Crippen molar-refractivity contribution in [2.75, 3.05) is 25.6 Å². The highest BCUT2D eigenvalue weighted by molar-refractivity contribution is 8.44. The lowest BCUT2D eigenvalue weighted by atomic mass is 10.0. The minimum absolute atomic E-state index is 0.00324. The SMILES string of the molecule is CNCc1ccccc1CC(=O)Nc1nc2c(ncn2[C@@H]2O[C@@H]3CO[P@@](=O)(S)O[C@H]4C[C@H](Oc5ccncn5)C[C@@H]4CCO[P@@](=O)(S)O[C@@H]2[C@@H]3O)c(=O)[nH]1. The highest BCUT2D eigenvalue weighted by Crippen LogP contribution is 2.59. The molecule has 4 aromatic rings. The Kier molecular flexibility index (Phi) is 11.9. The van der Waals surface area contributed by atoms with Crippen LogP contribution in [-0.2, 0) is 49.7 Å². The number of rotatable bonds is 8. The van der Waals surface area contributed by atoms with E-state index >= 15 is 0 Å². The number of aromatic nitrogens is 6. The summed E-state index contributed by atoms with van der Waals surface area (Å²) in [4.78, 5) is 45.2. The van der Waals surface area contributed by atoms with Crippen LogP contribution in [0.2, 0.25) is 0 Å². The van der Waals surface area contributed by atoms with Crippen LogP contribution in [0.25, 0.3) is 11.2 Å². The number of amides is 1. The summed E-state index contributed by atoms with van der Waals surface area (Å²) in [6.07, 6.45) is -1.42. The first-order valence-corrected chi connectivity index (χ1v) is 22.3. The number of anilines is 1. The number of aliphatic hydroxyl groups is 1. The summed E-state index contributed by atoms with van der Waals surface area (Å²) >= 11 is 8.40. The number of nitrogens with one attached hydrogen (secondary N) is 3. The fourth-order valence-corrected chi connectivity index (χ4v) is 9.83. The Bertz CT molecular complexity index is 2130. The van der Waals surface area contributed by atoms with E-state index in [0.717, 1.165) is 11.1 Å². The lowest BCUT2D eigenvalue weighted by molar-refractivity contribution is -0.115. The molecule has 1 aliphatic carbocycles. The molecular weight excluding hydrogens is 786 g/mol. The Morgan fingerprint density at radius 1 is 1.09 bits per heavy atom. The first-order valence-electron chi connectivity index (χ1n) is 16.9. The molecule has 5 heterocycles. The van der Waals surface area contributed by atoms with Crippen LogP contribution in [0.4, 0.5) is 5.95 Å². The predicted octanol–water partition coefficient (Wildman–Crippen LogP) is 3.21. The van der Waals surface area contributed by atoms with Gasteiger partial charge in [0.15, 0.2) is 17.4 Å². The molecule has 19 nitrogen and oxygen atoms in total. The molecule has 3 aliphatic rings. The first-order chi connectivity index (χ1) is 25.9. The van der Waals surface area contributed by atoms with E-state index in [1.807, 2.05) is 24.3 Å². The van der Waals surface area contributed by atoms with Gasteiger partial charge in [0.2, 0.25) is 17.7 Å². The van der Waals surface area contributed by atoms with Crippen LogP contribution in [0.1, 0.15) is 36.6 Å².